The van der Waals surface area contributed by atoms with Crippen LogP contribution in [0.3, 0.4) is 0 Å². The van der Waals surface area contributed by atoms with Crippen LogP contribution in [-0.2, 0) is 0 Å². The summed E-state index contributed by atoms with van der Waals surface area (Å²) in [4.78, 5) is 24.6. The summed E-state index contributed by atoms with van der Waals surface area (Å²) in [5.41, 5.74) is 3.87. The van der Waals surface area contributed by atoms with Gasteiger partial charge in [-0.25, -0.2) is 9.97 Å². The molecule has 0 radical (unpaired) electrons. The van der Waals surface area contributed by atoms with Crippen molar-refractivity contribution in [3.63, 3.8) is 0 Å². The molecule has 1 amide bonds. The van der Waals surface area contributed by atoms with E-state index in [9.17, 15) is 10.1 Å². The van der Waals surface area contributed by atoms with Crippen molar-refractivity contribution in [2.75, 3.05) is 0 Å². The Hall–Kier alpha value is -3.99. The highest BCUT2D eigenvalue weighted by Crippen LogP contribution is 2.28. The topological polar surface area (TPSA) is 112 Å². The van der Waals surface area contributed by atoms with E-state index in [1.54, 1.807) is 10.9 Å². The van der Waals surface area contributed by atoms with E-state index in [0.29, 0.717) is 5.56 Å². The molecule has 1 aliphatic carbocycles. The number of fused-ring (bicyclic) bond motifs is 1. The summed E-state index contributed by atoms with van der Waals surface area (Å²) in [6, 6.07) is 11.6. The Balaban J connectivity index is 1.42. The van der Waals surface area contributed by atoms with Crippen LogP contribution in [0.4, 0.5) is 0 Å². The summed E-state index contributed by atoms with van der Waals surface area (Å²) in [5, 5.41) is 18.1. The molecule has 1 aromatic carbocycles. The molecule has 1 saturated carbocycles. The first-order valence-corrected chi connectivity index (χ1v) is 11.3. The summed E-state index contributed by atoms with van der Waals surface area (Å²) >= 11 is 0. The number of carbonyl (C=O) groups is 1. The number of benzene rings is 1. The van der Waals surface area contributed by atoms with Crippen LogP contribution >= 0.6 is 0 Å². The average Bonchev–Trinajstić information content (AvgIpc) is 3.53. The molecule has 0 spiro atoms. The predicted octanol–water partition coefficient (Wildman–Crippen LogP) is 4.39. The smallest absolute Gasteiger partial charge is 0.251 e. The molecule has 1 fully saturated rings. The lowest BCUT2D eigenvalue weighted by Gasteiger charge is -2.23. The lowest BCUT2D eigenvalue weighted by Crippen LogP contribution is -2.36. The Bertz CT molecular complexity index is 1310. The van der Waals surface area contributed by atoms with Crippen LogP contribution in [-0.4, -0.2) is 36.7 Å². The molecule has 0 saturated heterocycles. The molecular weight excluding hydrogens is 414 g/mol. The SMILES string of the molecule is N#CCC(c1cccc(C(=O)NC2CCCCC2)c1)n1cc(-c2ncnc3[nH]ccc23)cn1. The van der Waals surface area contributed by atoms with Gasteiger partial charge in [0, 0.05) is 34.9 Å². The van der Waals surface area contributed by atoms with Crippen molar-refractivity contribution >= 4 is 16.9 Å². The molecule has 8 heteroatoms. The molecular formula is C25H25N7O. The van der Waals surface area contributed by atoms with Gasteiger partial charge < -0.3 is 10.3 Å². The molecule has 3 heterocycles. The van der Waals surface area contributed by atoms with Crippen LogP contribution in [0.5, 0.6) is 0 Å². The summed E-state index contributed by atoms with van der Waals surface area (Å²) in [7, 11) is 0. The fourth-order valence-electron chi connectivity index (χ4n) is 4.59. The van der Waals surface area contributed by atoms with Gasteiger partial charge in [-0.15, -0.1) is 0 Å². The number of rotatable bonds is 6. The molecule has 33 heavy (non-hydrogen) atoms. The number of nitriles is 1. The van der Waals surface area contributed by atoms with E-state index in [1.807, 2.05) is 42.7 Å². The van der Waals surface area contributed by atoms with Crippen molar-refractivity contribution < 1.29 is 4.79 Å². The van der Waals surface area contributed by atoms with Gasteiger partial charge in [0.25, 0.3) is 5.91 Å². The van der Waals surface area contributed by atoms with Gasteiger partial charge in [-0.3, -0.25) is 9.48 Å². The first-order chi connectivity index (χ1) is 16.2. The zero-order chi connectivity index (χ0) is 22.6. The number of nitrogens with zero attached hydrogens (tertiary/aromatic N) is 5. The number of hydrogen-bond donors (Lipinski definition) is 2. The molecule has 0 aliphatic heterocycles. The minimum atomic E-state index is -0.310. The van der Waals surface area contributed by atoms with Gasteiger partial charge in [-0.1, -0.05) is 31.4 Å². The van der Waals surface area contributed by atoms with E-state index < -0.39 is 0 Å². The molecule has 3 aromatic heterocycles. The van der Waals surface area contributed by atoms with Gasteiger partial charge in [-0.05, 0) is 36.6 Å². The number of aromatic amines is 1. The maximum atomic E-state index is 12.9. The van der Waals surface area contributed by atoms with Crippen LogP contribution in [0, 0.1) is 11.3 Å². The Morgan fingerprint density at radius 1 is 1.24 bits per heavy atom. The van der Waals surface area contributed by atoms with E-state index in [0.717, 1.165) is 53.5 Å². The molecule has 5 rings (SSSR count). The van der Waals surface area contributed by atoms with Crippen molar-refractivity contribution in [2.45, 2.75) is 50.6 Å². The minimum absolute atomic E-state index is 0.0588. The summed E-state index contributed by atoms with van der Waals surface area (Å²) < 4.78 is 1.78. The van der Waals surface area contributed by atoms with E-state index in [4.69, 9.17) is 0 Å². The Labute approximate surface area is 191 Å². The van der Waals surface area contributed by atoms with Crippen molar-refractivity contribution in [1.29, 1.82) is 5.26 Å². The molecule has 2 N–H and O–H groups in total. The number of H-pyrrole nitrogens is 1. The van der Waals surface area contributed by atoms with Crippen molar-refractivity contribution in [1.82, 2.24) is 30.0 Å². The van der Waals surface area contributed by atoms with Gasteiger partial charge >= 0.3 is 0 Å². The van der Waals surface area contributed by atoms with E-state index in [2.05, 4.69) is 31.4 Å². The van der Waals surface area contributed by atoms with E-state index in [-0.39, 0.29) is 24.4 Å². The third-order valence-electron chi connectivity index (χ3n) is 6.31. The van der Waals surface area contributed by atoms with Crippen LogP contribution in [0.2, 0.25) is 0 Å². The van der Waals surface area contributed by atoms with Crippen LogP contribution in [0.25, 0.3) is 22.3 Å². The second-order valence-corrected chi connectivity index (χ2v) is 8.48. The van der Waals surface area contributed by atoms with Crippen molar-refractivity contribution in [3.8, 4) is 17.3 Å². The minimum Gasteiger partial charge on any atom is -0.349 e. The summed E-state index contributed by atoms with van der Waals surface area (Å²) in [6.45, 7) is 0. The van der Waals surface area contributed by atoms with Crippen molar-refractivity contribution in [2.24, 2.45) is 0 Å². The fourth-order valence-corrected chi connectivity index (χ4v) is 4.59. The monoisotopic (exact) mass is 439 g/mol. The summed E-state index contributed by atoms with van der Waals surface area (Å²) in [5.74, 6) is -0.0588. The first kappa shape index (κ1) is 20.9. The highest BCUT2D eigenvalue weighted by molar-refractivity contribution is 5.94. The largest absolute Gasteiger partial charge is 0.349 e. The lowest BCUT2D eigenvalue weighted by molar-refractivity contribution is 0.0927. The second kappa shape index (κ2) is 9.25. The zero-order valence-electron chi connectivity index (χ0n) is 18.2. The molecule has 1 unspecified atom stereocenters. The average molecular weight is 440 g/mol. The fraction of sp³-hybridized carbons (Fsp3) is 0.320. The third kappa shape index (κ3) is 4.35. The second-order valence-electron chi connectivity index (χ2n) is 8.48. The van der Waals surface area contributed by atoms with Crippen LogP contribution < -0.4 is 5.32 Å². The first-order valence-electron chi connectivity index (χ1n) is 11.3. The number of amides is 1. The van der Waals surface area contributed by atoms with Gasteiger partial charge in [0.15, 0.2) is 0 Å². The van der Waals surface area contributed by atoms with Gasteiger partial charge in [0.2, 0.25) is 0 Å². The summed E-state index contributed by atoms with van der Waals surface area (Å²) in [6.07, 6.45) is 12.9. The van der Waals surface area contributed by atoms with Gasteiger partial charge in [-0.2, -0.15) is 10.4 Å². The Morgan fingerprint density at radius 3 is 2.97 bits per heavy atom. The number of carbonyl (C=O) groups excluding carboxylic acids is 1. The predicted molar refractivity (Wildman–Crippen MR) is 124 cm³/mol. The Morgan fingerprint density at radius 2 is 2.12 bits per heavy atom. The van der Waals surface area contributed by atoms with Gasteiger partial charge in [0.05, 0.1) is 30.4 Å². The molecule has 8 nitrogen and oxygen atoms in total. The molecule has 1 atom stereocenters. The maximum Gasteiger partial charge on any atom is 0.251 e. The maximum absolute atomic E-state index is 12.9. The lowest BCUT2D eigenvalue weighted by atomic mass is 9.95. The van der Waals surface area contributed by atoms with Crippen molar-refractivity contribution in [3.05, 3.63) is 66.4 Å². The van der Waals surface area contributed by atoms with Crippen LogP contribution in [0.1, 0.15) is 60.5 Å². The quantitative estimate of drug-likeness (QED) is 0.463. The standard InChI is InChI=1S/C25H25N7O/c26-11-9-22(17-5-4-6-18(13-17)25(33)31-20-7-2-1-3-8-20)32-15-19(14-30-32)23-21-10-12-27-24(21)29-16-28-23/h4-6,10,12-16,20,22H,1-3,7-9H2,(H,31,33)(H,27,28,29). The molecule has 0 bridgehead atoms. The molecule has 4 aromatic rings. The highest BCUT2D eigenvalue weighted by Gasteiger charge is 2.20. The normalized spacial score (nSPS) is 15.2. The van der Waals surface area contributed by atoms with Crippen LogP contribution in [0.15, 0.2) is 55.2 Å². The number of aromatic nitrogens is 5. The van der Waals surface area contributed by atoms with E-state index in [1.165, 1.54) is 12.7 Å². The zero-order valence-corrected chi connectivity index (χ0v) is 18.2. The number of nitrogens with one attached hydrogen (secondary N) is 2. The Kier molecular flexibility index (Phi) is 5.85. The molecule has 166 valence electrons. The number of hydrogen-bond acceptors (Lipinski definition) is 5. The van der Waals surface area contributed by atoms with E-state index >= 15 is 0 Å². The molecule has 1 aliphatic rings. The van der Waals surface area contributed by atoms with Gasteiger partial charge in [0.1, 0.15) is 12.0 Å². The third-order valence-corrected chi connectivity index (χ3v) is 6.31. The highest BCUT2D eigenvalue weighted by atomic mass is 16.1.